The first-order chi connectivity index (χ1) is 17.2. The fourth-order valence-electron chi connectivity index (χ4n) is 2.90. The third-order valence-corrected chi connectivity index (χ3v) is 4.87. The summed E-state index contributed by atoms with van der Waals surface area (Å²) in [5.74, 6) is 2.38. The third-order valence-electron chi connectivity index (χ3n) is 4.87. The van der Waals surface area contributed by atoms with Crippen LogP contribution in [-0.2, 0) is 0 Å². The maximum absolute atomic E-state index is 5.74. The molecule has 3 rings (SSSR count). The first kappa shape index (κ1) is 25.6. The molecule has 0 bridgehead atoms. The summed E-state index contributed by atoms with van der Waals surface area (Å²) < 4.78 is 11.5. The maximum Gasteiger partial charge on any atom is 0.265 e. The molecule has 0 fully saturated rings. The van der Waals surface area contributed by atoms with Gasteiger partial charge in [0.1, 0.15) is 17.2 Å². The van der Waals surface area contributed by atoms with Crippen molar-refractivity contribution < 1.29 is 9.47 Å². The Kier molecular flexibility index (Phi) is 10.5. The molecule has 1 aromatic heterocycles. The highest BCUT2D eigenvalue weighted by Crippen LogP contribution is 2.15. The normalized spacial score (nSPS) is 11.2. The van der Waals surface area contributed by atoms with Crippen molar-refractivity contribution in [1.29, 1.82) is 0 Å². The molecule has 0 saturated heterocycles. The first-order valence-electron chi connectivity index (χ1n) is 11.9. The zero-order valence-corrected chi connectivity index (χ0v) is 20.6. The number of ether oxygens (including phenoxy) is 2. The van der Waals surface area contributed by atoms with Gasteiger partial charge in [0.15, 0.2) is 5.82 Å². The van der Waals surface area contributed by atoms with Crippen molar-refractivity contribution >= 4 is 24.2 Å². The van der Waals surface area contributed by atoms with Crippen molar-refractivity contribution in [3.8, 4) is 11.5 Å². The van der Waals surface area contributed by atoms with E-state index in [-0.39, 0.29) is 5.95 Å². The number of hydrogen-bond acceptors (Lipinski definition) is 9. The molecular weight excluding hydrogens is 442 g/mol. The number of unbranched alkanes of at least 4 members (excludes halogenated alkanes) is 2. The van der Waals surface area contributed by atoms with Crippen LogP contribution in [0.25, 0.3) is 0 Å². The van der Waals surface area contributed by atoms with E-state index in [1.807, 2.05) is 48.5 Å². The smallest absolute Gasteiger partial charge is 0.265 e. The summed E-state index contributed by atoms with van der Waals surface area (Å²) in [6.07, 6.45) is 7.63. The first-order valence-corrected chi connectivity index (χ1v) is 11.9. The van der Waals surface area contributed by atoms with Gasteiger partial charge in [-0.1, -0.05) is 51.0 Å². The third kappa shape index (κ3) is 9.04. The molecule has 9 heteroatoms. The second-order valence-corrected chi connectivity index (χ2v) is 7.86. The topological polar surface area (TPSA) is 106 Å². The van der Waals surface area contributed by atoms with Gasteiger partial charge in [-0.2, -0.15) is 15.2 Å². The highest BCUT2D eigenvalue weighted by atomic mass is 16.5. The summed E-state index contributed by atoms with van der Waals surface area (Å²) in [6, 6.07) is 15.5. The summed E-state index contributed by atoms with van der Waals surface area (Å²) in [4.78, 5) is 4.40. The molecule has 9 nitrogen and oxygen atoms in total. The van der Waals surface area contributed by atoms with Crippen molar-refractivity contribution in [2.24, 2.45) is 10.2 Å². The van der Waals surface area contributed by atoms with Gasteiger partial charge in [0, 0.05) is 0 Å². The van der Waals surface area contributed by atoms with Crippen LogP contribution in [0.4, 0.5) is 11.8 Å². The SMILES string of the molecule is CCCCOc1cccc(C=NNc2nnc(C)c(NN=Cc3cccc(OCCCC)c3)n2)c1. The number of benzene rings is 2. The number of aromatic nitrogens is 3. The highest BCUT2D eigenvalue weighted by Gasteiger charge is 2.04. The van der Waals surface area contributed by atoms with Gasteiger partial charge < -0.3 is 9.47 Å². The van der Waals surface area contributed by atoms with E-state index >= 15 is 0 Å². The van der Waals surface area contributed by atoms with E-state index in [0.29, 0.717) is 24.7 Å². The molecule has 2 aromatic carbocycles. The molecule has 0 aliphatic rings. The second kappa shape index (κ2) is 14.3. The standard InChI is InChI=1S/C26H33N7O2/c1-4-6-14-34-23-12-8-10-21(16-23)18-27-31-25-20(3)30-33-26(29-25)32-28-19-22-11-9-13-24(17-22)35-15-7-5-2/h8-13,16-19H,4-7,14-15H2,1-3H3,(H2,29,31,32,33). The molecule has 184 valence electrons. The molecule has 2 N–H and O–H groups in total. The fraction of sp³-hybridized carbons (Fsp3) is 0.346. The van der Waals surface area contributed by atoms with Crippen LogP contribution >= 0.6 is 0 Å². The molecule has 0 atom stereocenters. The molecular formula is C26H33N7O2. The van der Waals surface area contributed by atoms with Crippen molar-refractivity contribution in [3.63, 3.8) is 0 Å². The minimum atomic E-state index is 0.256. The Hall–Kier alpha value is -4.01. The average Bonchev–Trinajstić information content (AvgIpc) is 2.87. The van der Waals surface area contributed by atoms with Gasteiger partial charge in [-0.15, -0.1) is 10.2 Å². The van der Waals surface area contributed by atoms with Crippen LogP contribution in [0.5, 0.6) is 11.5 Å². The van der Waals surface area contributed by atoms with E-state index in [0.717, 1.165) is 48.3 Å². The lowest BCUT2D eigenvalue weighted by atomic mass is 10.2. The highest BCUT2D eigenvalue weighted by molar-refractivity contribution is 5.81. The van der Waals surface area contributed by atoms with Gasteiger partial charge in [0.2, 0.25) is 0 Å². The molecule has 0 radical (unpaired) electrons. The lowest BCUT2D eigenvalue weighted by molar-refractivity contribution is 0.309. The zero-order valence-electron chi connectivity index (χ0n) is 20.6. The Morgan fingerprint density at radius 3 is 1.94 bits per heavy atom. The minimum Gasteiger partial charge on any atom is -0.494 e. The van der Waals surface area contributed by atoms with E-state index in [2.05, 4.69) is 50.1 Å². The molecule has 3 aromatic rings. The summed E-state index contributed by atoms with van der Waals surface area (Å²) in [6.45, 7) is 7.49. The molecule has 0 amide bonds. The van der Waals surface area contributed by atoms with Crippen LogP contribution in [0.2, 0.25) is 0 Å². The van der Waals surface area contributed by atoms with E-state index < -0.39 is 0 Å². The molecule has 0 aliphatic carbocycles. The zero-order chi connectivity index (χ0) is 24.7. The average molecular weight is 476 g/mol. The number of nitrogens with one attached hydrogen (secondary N) is 2. The Bertz CT molecular complexity index is 1120. The van der Waals surface area contributed by atoms with Crippen LogP contribution < -0.4 is 20.3 Å². The minimum absolute atomic E-state index is 0.256. The Labute approximate surface area is 206 Å². The number of aryl methyl sites for hydroxylation is 1. The summed E-state index contributed by atoms with van der Waals surface area (Å²) in [7, 11) is 0. The number of anilines is 2. The molecule has 0 spiro atoms. The predicted octanol–water partition coefficient (Wildman–Crippen LogP) is 5.43. The van der Waals surface area contributed by atoms with Crippen LogP contribution in [0.15, 0.2) is 58.7 Å². The van der Waals surface area contributed by atoms with Crippen molar-refractivity contribution in [3.05, 3.63) is 65.4 Å². The van der Waals surface area contributed by atoms with Gasteiger partial charge in [0.05, 0.1) is 25.6 Å². The number of rotatable bonds is 14. The van der Waals surface area contributed by atoms with E-state index in [9.17, 15) is 0 Å². The Morgan fingerprint density at radius 1 is 0.800 bits per heavy atom. The lowest BCUT2D eigenvalue weighted by Crippen LogP contribution is -2.05. The van der Waals surface area contributed by atoms with Crippen molar-refractivity contribution in [2.75, 3.05) is 24.1 Å². The summed E-state index contributed by atoms with van der Waals surface area (Å²) >= 11 is 0. The number of hydrazone groups is 2. The Balaban J connectivity index is 1.56. The van der Waals surface area contributed by atoms with E-state index in [1.165, 1.54) is 0 Å². The molecule has 35 heavy (non-hydrogen) atoms. The van der Waals surface area contributed by atoms with E-state index in [1.54, 1.807) is 19.4 Å². The van der Waals surface area contributed by atoms with Gasteiger partial charge in [-0.05, 0) is 55.2 Å². The van der Waals surface area contributed by atoms with Crippen LogP contribution in [0.3, 0.4) is 0 Å². The van der Waals surface area contributed by atoms with E-state index in [4.69, 9.17) is 9.47 Å². The molecule has 0 saturated carbocycles. The molecule has 0 aliphatic heterocycles. The van der Waals surface area contributed by atoms with Crippen molar-refractivity contribution in [1.82, 2.24) is 15.2 Å². The quantitative estimate of drug-likeness (QED) is 0.182. The van der Waals surface area contributed by atoms with Gasteiger partial charge in [0.25, 0.3) is 5.95 Å². The van der Waals surface area contributed by atoms with Gasteiger partial charge in [-0.25, -0.2) is 5.43 Å². The van der Waals surface area contributed by atoms with Crippen molar-refractivity contribution in [2.45, 2.75) is 46.5 Å². The van der Waals surface area contributed by atoms with Crippen LogP contribution in [0, 0.1) is 6.92 Å². The summed E-state index contributed by atoms with van der Waals surface area (Å²) in [5.41, 5.74) is 8.15. The molecule has 1 heterocycles. The lowest BCUT2D eigenvalue weighted by Gasteiger charge is -2.06. The second-order valence-electron chi connectivity index (χ2n) is 7.86. The predicted molar refractivity (Wildman–Crippen MR) is 141 cm³/mol. The van der Waals surface area contributed by atoms with Gasteiger partial charge in [-0.3, -0.25) is 5.43 Å². The van der Waals surface area contributed by atoms with Crippen LogP contribution in [-0.4, -0.2) is 40.8 Å². The monoisotopic (exact) mass is 475 g/mol. The Morgan fingerprint density at radius 2 is 1.37 bits per heavy atom. The summed E-state index contributed by atoms with van der Waals surface area (Å²) in [5, 5.41) is 16.6. The fourth-order valence-corrected chi connectivity index (χ4v) is 2.90. The molecule has 0 unspecified atom stereocenters. The number of hydrogen-bond donors (Lipinski definition) is 2. The maximum atomic E-state index is 5.74. The van der Waals surface area contributed by atoms with Crippen LogP contribution in [0.1, 0.15) is 56.4 Å². The largest absolute Gasteiger partial charge is 0.494 e. The van der Waals surface area contributed by atoms with Gasteiger partial charge >= 0.3 is 0 Å². The number of nitrogens with zero attached hydrogens (tertiary/aromatic N) is 5.